The van der Waals surface area contributed by atoms with Crippen molar-refractivity contribution < 1.29 is 4.79 Å². The molecule has 4 heteroatoms. The summed E-state index contributed by atoms with van der Waals surface area (Å²) in [6.45, 7) is 1.88. The number of aromatic nitrogens is 2. The third kappa shape index (κ3) is 2.10. The zero-order valence-electron chi connectivity index (χ0n) is 9.50. The molecule has 0 radical (unpaired) electrons. The van der Waals surface area contributed by atoms with Crippen molar-refractivity contribution in [3.05, 3.63) is 48.6 Å². The number of hydrogen-bond acceptors (Lipinski definition) is 3. The first kappa shape index (κ1) is 11.1. The summed E-state index contributed by atoms with van der Waals surface area (Å²) in [4.78, 5) is 16.1. The fourth-order valence-corrected chi connectivity index (χ4v) is 1.60. The van der Waals surface area contributed by atoms with Crippen LogP contribution in [0.5, 0.6) is 0 Å². The van der Waals surface area contributed by atoms with Crippen LogP contribution in [0.4, 0.5) is 5.95 Å². The lowest BCUT2D eigenvalue weighted by Gasteiger charge is -1.99. The van der Waals surface area contributed by atoms with Crippen molar-refractivity contribution in [2.24, 2.45) is 0 Å². The number of benzene rings is 1. The summed E-state index contributed by atoms with van der Waals surface area (Å²) < 4.78 is 1.40. The molecule has 0 unspecified atom stereocenters. The van der Waals surface area contributed by atoms with Crippen molar-refractivity contribution in [2.45, 2.75) is 6.92 Å². The molecular weight excluding hydrogens is 214 g/mol. The lowest BCUT2D eigenvalue weighted by Crippen LogP contribution is -2.10. The number of fused-ring (bicyclic) bond motifs is 1. The maximum Gasteiger partial charge on any atom is 0.257 e. The van der Waals surface area contributed by atoms with Gasteiger partial charge in [-0.1, -0.05) is 30.4 Å². The Balaban J connectivity index is 2.47. The number of nitrogen functional groups attached to an aromatic ring is 1. The van der Waals surface area contributed by atoms with E-state index in [1.54, 1.807) is 12.2 Å². The minimum absolute atomic E-state index is 0.200. The molecule has 0 fully saturated rings. The van der Waals surface area contributed by atoms with Gasteiger partial charge in [-0.2, -0.15) is 0 Å². The molecular formula is C13H13N3O. The number of imidazole rings is 1. The molecule has 2 rings (SSSR count). The number of rotatable bonds is 2. The molecule has 0 atom stereocenters. The van der Waals surface area contributed by atoms with Gasteiger partial charge in [0.2, 0.25) is 5.95 Å². The molecule has 0 aliphatic heterocycles. The number of nitrogens with two attached hydrogens (primary N) is 1. The fraction of sp³-hybridized carbons (Fsp3) is 0.0769. The van der Waals surface area contributed by atoms with Crippen LogP contribution in [-0.4, -0.2) is 15.5 Å². The van der Waals surface area contributed by atoms with E-state index in [2.05, 4.69) is 4.98 Å². The van der Waals surface area contributed by atoms with Gasteiger partial charge in [0.1, 0.15) is 0 Å². The van der Waals surface area contributed by atoms with Gasteiger partial charge in [0.05, 0.1) is 11.0 Å². The van der Waals surface area contributed by atoms with Gasteiger partial charge in [-0.3, -0.25) is 4.79 Å². The highest BCUT2D eigenvalue weighted by atomic mass is 16.2. The first-order chi connectivity index (χ1) is 8.24. The van der Waals surface area contributed by atoms with Gasteiger partial charge in [-0.25, -0.2) is 9.55 Å². The monoisotopic (exact) mass is 227 g/mol. The zero-order valence-corrected chi connectivity index (χ0v) is 9.50. The second-order valence-electron chi connectivity index (χ2n) is 3.52. The molecule has 0 aliphatic carbocycles. The van der Waals surface area contributed by atoms with Crippen molar-refractivity contribution in [3.63, 3.8) is 0 Å². The Hall–Kier alpha value is -2.36. The first-order valence-corrected chi connectivity index (χ1v) is 5.30. The number of anilines is 1. The standard InChI is InChI=1S/C13H13N3O/c1-2-3-4-9-12(17)16-11-8-6-5-7-10(11)15-13(16)14/h2-9H,1H3,(H2,14,15). The second kappa shape index (κ2) is 4.65. The highest BCUT2D eigenvalue weighted by molar-refractivity contribution is 5.99. The molecule has 4 nitrogen and oxygen atoms in total. The Morgan fingerprint density at radius 2 is 2.12 bits per heavy atom. The summed E-state index contributed by atoms with van der Waals surface area (Å²) >= 11 is 0. The molecule has 0 bridgehead atoms. The molecule has 1 heterocycles. The van der Waals surface area contributed by atoms with E-state index in [-0.39, 0.29) is 11.9 Å². The van der Waals surface area contributed by atoms with Crippen LogP contribution < -0.4 is 5.73 Å². The van der Waals surface area contributed by atoms with Crippen molar-refractivity contribution in [3.8, 4) is 0 Å². The topological polar surface area (TPSA) is 60.9 Å². The Labute approximate surface area is 99.1 Å². The summed E-state index contributed by atoms with van der Waals surface area (Å²) in [7, 11) is 0. The largest absolute Gasteiger partial charge is 0.369 e. The van der Waals surface area contributed by atoms with E-state index < -0.39 is 0 Å². The van der Waals surface area contributed by atoms with Crippen LogP contribution in [0.25, 0.3) is 11.0 Å². The Morgan fingerprint density at radius 3 is 2.88 bits per heavy atom. The normalized spacial score (nSPS) is 11.8. The molecule has 2 N–H and O–H groups in total. The van der Waals surface area contributed by atoms with Crippen LogP contribution in [0, 0.1) is 0 Å². The van der Waals surface area contributed by atoms with Gasteiger partial charge in [-0.05, 0) is 19.1 Å². The molecule has 0 aliphatic rings. The van der Waals surface area contributed by atoms with Crippen LogP contribution >= 0.6 is 0 Å². The number of hydrogen-bond donors (Lipinski definition) is 1. The van der Waals surface area contributed by atoms with Gasteiger partial charge < -0.3 is 5.73 Å². The molecule has 0 spiro atoms. The SMILES string of the molecule is CC=CC=CC(=O)n1c(N)nc2ccccc21. The average molecular weight is 227 g/mol. The second-order valence-corrected chi connectivity index (χ2v) is 3.52. The summed E-state index contributed by atoms with van der Waals surface area (Å²) in [5.74, 6) is 0.00984. The van der Waals surface area contributed by atoms with Crippen LogP contribution in [-0.2, 0) is 0 Å². The van der Waals surface area contributed by atoms with Crippen molar-refractivity contribution in [2.75, 3.05) is 5.73 Å². The van der Waals surface area contributed by atoms with E-state index in [4.69, 9.17) is 5.73 Å². The number of para-hydroxylation sites is 2. The molecule has 0 saturated carbocycles. The Kier molecular flexibility index (Phi) is 3.05. The quantitative estimate of drug-likeness (QED) is 0.633. The molecule has 1 aromatic heterocycles. The van der Waals surface area contributed by atoms with Crippen LogP contribution in [0.1, 0.15) is 11.7 Å². The first-order valence-electron chi connectivity index (χ1n) is 5.30. The summed E-state index contributed by atoms with van der Waals surface area (Å²) in [6, 6.07) is 7.35. The lowest BCUT2D eigenvalue weighted by atomic mass is 10.3. The number of carbonyl (C=O) groups excluding carboxylic acids is 1. The van der Waals surface area contributed by atoms with Gasteiger partial charge in [0, 0.05) is 6.08 Å². The van der Waals surface area contributed by atoms with E-state index in [1.807, 2.05) is 37.3 Å². The van der Waals surface area contributed by atoms with Crippen LogP contribution in [0.15, 0.2) is 48.6 Å². The molecule has 2 aromatic rings. The van der Waals surface area contributed by atoms with Crippen molar-refractivity contribution in [1.29, 1.82) is 0 Å². The fourth-order valence-electron chi connectivity index (χ4n) is 1.60. The maximum absolute atomic E-state index is 11.9. The van der Waals surface area contributed by atoms with Crippen LogP contribution in [0.2, 0.25) is 0 Å². The van der Waals surface area contributed by atoms with Gasteiger partial charge in [0.15, 0.2) is 0 Å². The summed E-state index contributed by atoms with van der Waals surface area (Å²) in [5, 5.41) is 0. The minimum Gasteiger partial charge on any atom is -0.369 e. The predicted molar refractivity (Wildman–Crippen MR) is 68.7 cm³/mol. The smallest absolute Gasteiger partial charge is 0.257 e. The van der Waals surface area contributed by atoms with Crippen LogP contribution in [0.3, 0.4) is 0 Å². The Morgan fingerprint density at radius 1 is 1.35 bits per heavy atom. The molecule has 1 aromatic carbocycles. The van der Waals surface area contributed by atoms with Gasteiger partial charge >= 0.3 is 0 Å². The highest BCUT2D eigenvalue weighted by Gasteiger charge is 2.11. The van der Waals surface area contributed by atoms with E-state index in [9.17, 15) is 4.79 Å². The minimum atomic E-state index is -0.200. The zero-order chi connectivity index (χ0) is 12.3. The van der Waals surface area contributed by atoms with Crippen molar-refractivity contribution in [1.82, 2.24) is 9.55 Å². The number of nitrogens with zero attached hydrogens (tertiary/aromatic N) is 2. The molecule has 0 amide bonds. The number of carbonyl (C=O) groups is 1. The van der Waals surface area contributed by atoms with E-state index in [0.29, 0.717) is 0 Å². The average Bonchev–Trinajstić information content (AvgIpc) is 2.65. The van der Waals surface area contributed by atoms with Gasteiger partial charge in [0.25, 0.3) is 5.91 Å². The third-order valence-corrected chi connectivity index (χ3v) is 2.35. The molecule has 17 heavy (non-hydrogen) atoms. The maximum atomic E-state index is 11.9. The number of allylic oxidation sites excluding steroid dienone is 4. The van der Waals surface area contributed by atoms with Gasteiger partial charge in [-0.15, -0.1) is 0 Å². The molecule has 0 saturated heterocycles. The summed E-state index contributed by atoms with van der Waals surface area (Å²) in [6.07, 6.45) is 6.77. The predicted octanol–water partition coefficient (Wildman–Crippen LogP) is 2.39. The molecule has 86 valence electrons. The highest BCUT2D eigenvalue weighted by Crippen LogP contribution is 2.17. The van der Waals surface area contributed by atoms with E-state index in [1.165, 1.54) is 10.6 Å². The van der Waals surface area contributed by atoms with Crippen molar-refractivity contribution >= 4 is 22.9 Å². The lowest BCUT2D eigenvalue weighted by molar-refractivity contribution is 0.0976. The van der Waals surface area contributed by atoms with E-state index >= 15 is 0 Å². The summed E-state index contributed by atoms with van der Waals surface area (Å²) in [5.41, 5.74) is 7.18. The van der Waals surface area contributed by atoms with E-state index in [0.717, 1.165) is 11.0 Å². The Bertz CT molecular complexity index is 608. The third-order valence-electron chi connectivity index (χ3n) is 2.35.